The van der Waals surface area contributed by atoms with Crippen molar-refractivity contribution >= 4 is 28.7 Å². The highest BCUT2D eigenvalue weighted by molar-refractivity contribution is 6.06. The molecule has 7 nitrogen and oxygen atoms in total. The molecule has 1 fully saturated rings. The standard InChI is InChI=1S/C21H21FN6O/c22-14-6-4-5-13(11-14)18-25-16-12-15(7-8-17(16)29-18)28-20(24)26-19(23)27-21(28)9-2-1-3-10-21/h4-8,11-12H,1-3,9-10H2,(H4,23,24,26,27). The van der Waals surface area contributed by atoms with E-state index in [2.05, 4.69) is 9.98 Å². The van der Waals surface area contributed by atoms with Gasteiger partial charge < -0.3 is 15.9 Å². The number of guanidine groups is 2. The molecule has 1 aromatic heterocycles. The Morgan fingerprint density at radius 1 is 1.03 bits per heavy atom. The molecule has 2 heterocycles. The zero-order valence-electron chi connectivity index (χ0n) is 15.8. The van der Waals surface area contributed by atoms with Gasteiger partial charge in [-0.25, -0.2) is 14.4 Å². The first-order chi connectivity index (χ1) is 14.0. The summed E-state index contributed by atoms with van der Waals surface area (Å²) in [4.78, 5) is 15.4. The van der Waals surface area contributed by atoms with Crippen LogP contribution in [-0.2, 0) is 0 Å². The topological polar surface area (TPSA) is 106 Å². The van der Waals surface area contributed by atoms with Gasteiger partial charge in [-0.2, -0.15) is 4.99 Å². The molecule has 0 bridgehead atoms. The molecule has 0 atom stereocenters. The Morgan fingerprint density at radius 3 is 2.66 bits per heavy atom. The third kappa shape index (κ3) is 3.00. The second-order valence-corrected chi connectivity index (χ2v) is 7.50. The van der Waals surface area contributed by atoms with Crippen molar-refractivity contribution in [1.82, 2.24) is 4.98 Å². The van der Waals surface area contributed by atoms with Gasteiger partial charge in [-0.05, 0) is 62.1 Å². The smallest absolute Gasteiger partial charge is 0.227 e. The molecule has 148 valence electrons. The van der Waals surface area contributed by atoms with E-state index in [9.17, 15) is 4.39 Å². The highest BCUT2D eigenvalue weighted by Gasteiger charge is 2.42. The van der Waals surface area contributed by atoms with Gasteiger partial charge in [0.25, 0.3) is 0 Å². The van der Waals surface area contributed by atoms with Gasteiger partial charge in [-0.15, -0.1) is 0 Å². The molecule has 0 unspecified atom stereocenters. The number of anilines is 1. The van der Waals surface area contributed by atoms with Gasteiger partial charge in [0.15, 0.2) is 5.58 Å². The largest absolute Gasteiger partial charge is 0.436 e. The van der Waals surface area contributed by atoms with Crippen molar-refractivity contribution in [3.63, 3.8) is 0 Å². The van der Waals surface area contributed by atoms with E-state index in [1.165, 1.54) is 18.6 Å². The van der Waals surface area contributed by atoms with Crippen molar-refractivity contribution < 1.29 is 8.81 Å². The third-order valence-electron chi connectivity index (χ3n) is 5.55. The van der Waals surface area contributed by atoms with Crippen LogP contribution in [-0.4, -0.2) is 22.6 Å². The summed E-state index contributed by atoms with van der Waals surface area (Å²) in [5.74, 6) is 0.577. The van der Waals surface area contributed by atoms with Gasteiger partial charge in [0.2, 0.25) is 17.8 Å². The van der Waals surface area contributed by atoms with E-state index in [0.29, 0.717) is 28.5 Å². The number of rotatable bonds is 2. The van der Waals surface area contributed by atoms with Crippen LogP contribution in [0.15, 0.2) is 56.9 Å². The van der Waals surface area contributed by atoms with Crippen molar-refractivity contribution in [2.45, 2.75) is 37.8 Å². The number of benzene rings is 2. The number of aliphatic imine (C=N–C) groups is 2. The number of halogens is 1. The van der Waals surface area contributed by atoms with Crippen LogP contribution in [0.4, 0.5) is 10.1 Å². The van der Waals surface area contributed by atoms with E-state index in [4.69, 9.17) is 20.9 Å². The Balaban J connectivity index is 1.58. The predicted octanol–water partition coefficient (Wildman–Crippen LogP) is 3.74. The lowest BCUT2D eigenvalue weighted by atomic mass is 9.87. The Hall–Kier alpha value is -3.42. The van der Waals surface area contributed by atoms with E-state index in [1.54, 1.807) is 12.1 Å². The van der Waals surface area contributed by atoms with Crippen LogP contribution in [0, 0.1) is 5.82 Å². The van der Waals surface area contributed by atoms with E-state index in [0.717, 1.165) is 31.4 Å². The van der Waals surface area contributed by atoms with E-state index in [-0.39, 0.29) is 11.8 Å². The Labute approximate surface area is 166 Å². The van der Waals surface area contributed by atoms with Gasteiger partial charge in [0, 0.05) is 11.3 Å². The van der Waals surface area contributed by atoms with Crippen LogP contribution >= 0.6 is 0 Å². The fourth-order valence-corrected chi connectivity index (χ4v) is 4.29. The number of aromatic nitrogens is 1. The lowest BCUT2D eigenvalue weighted by Gasteiger charge is -2.45. The first-order valence-electron chi connectivity index (χ1n) is 9.70. The molecule has 2 aromatic carbocycles. The molecular formula is C21H21FN6O. The number of hydrogen-bond acceptors (Lipinski definition) is 7. The summed E-state index contributed by atoms with van der Waals surface area (Å²) in [5.41, 5.74) is 14.4. The van der Waals surface area contributed by atoms with E-state index >= 15 is 0 Å². The maximum atomic E-state index is 13.6. The minimum Gasteiger partial charge on any atom is -0.436 e. The van der Waals surface area contributed by atoms with Crippen molar-refractivity contribution in [2.24, 2.45) is 21.5 Å². The number of hydrogen-bond donors (Lipinski definition) is 2. The fraction of sp³-hybridized carbons (Fsp3) is 0.286. The van der Waals surface area contributed by atoms with Crippen LogP contribution in [0.25, 0.3) is 22.6 Å². The summed E-state index contributed by atoms with van der Waals surface area (Å²) in [5, 5.41) is 0. The van der Waals surface area contributed by atoms with Crippen LogP contribution in [0.2, 0.25) is 0 Å². The third-order valence-corrected chi connectivity index (χ3v) is 5.55. The van der Waals surface area contributed by atoms with Gasteiger partial charge in [0.1, 0.15) is 17.0 Å². The fourth-order valence-electron chi connectivity index (χ4n) is 4.29. The Morgan fingerprint density at radius 2 is 1.86 bits per heavy atom. The van der Waals surface area contributed by atoms with Crippen LogP contribution < -0.4 is 16.4 Å². The molecule has 2 aliphatic rings. The van der Waals surface area contributed by atoms with Gasteiger partial charge in [-0.1, -0.05) is 12.5 Å². The summed E-state index contributed by atoms with van der Waals surface area (Å²) < 4.78 is 19.4. The second kappa shape index (κ2) is 6.58. The van der Waals surface area contributed by atoms with Crippen molar-refractivity contribution in [1.29, 1.82) is 0 Å². The number of nitrogens with zero attached hydrogens (tertiary/aromatic N) is 4. The normalized spacial score (nSPS) is 18.7. The first kappa shape index (κ1) is 17.7. The average molecular weight is 392 g/mol. The SMILES string of the molecule is NC1=NC2(CCCCC2)N(c2ccc3oc(-c4cccc(F)c4)nc3c2)C(N)=N1. The molecule has 1 spiro atoms. The second-order valence-electron chi connectivity index (χ2n) is 7.50. The monoisotopic (exact) mass is 392 g/mol. The summed E-state index contributed by atoms with van der Waals surface area (Å²) in [6.45, 7) is 0. The molecular weight excluding hydrogens is 371 g/mol. The van der Waals surface area contributed by atoms with Crippen molar-refractivity contribution in [3.05, 3.63) is 48.3 Å². The molecule has 1 aliphatic heterocycles. The molecule has 29 heavy (non-hydrogen) atoms. The summed E-state index contributed by atoms with van der Waals surface area (Å²) in [6, 6.07) is 11.8. The molecule has 0 saturated heterocycles. The van der Waals surface area contributed by atoms with Crippen LogP contribution in [0.1, 0.15) is 32.1 Å². The first-order valence-corrected chi connectivity index (χ1v) is 9.70. The predicted molar refractivity (Wildman–Crippen MR) is 111 cm³/mol. The van der Waals surface area contributed by atoms with E-state index < -0.39 is 5.66 Å². The molecule has 4 N–H and O–H groups in total. The van der Waals surface area contributed by atoms with Crippen LogP contribution in [0.3, 0.4) is 0 Å². The zero-order valence-corrected chi connectivity index (χ0v) is 15.8. The molecule has 1 aliphatic carbocycles. The van der Waals surface area contributed by atoms with Gasteiger partial charge in [0.05, 0.1) is 0 Å². The summed E-state index contributed by atoms with van der Waals surface area (Å²) >= 11 is 0. The minimum atomic E-state index is -0.517. The highest BCUT2D eigenvalue weighted by atomic mass is 19.1. The highest BCUT2D eigenvalue weighted by Crippen LogP contribution is 2.40. The maximum Gasteiger partial charge on any atom is 0.227 e. The molecule has 0 radical (unpaired) electrons. The Kier molecular flexibility index (Phi) is 4.01. The summed E-state index contributed by atoms with van der Waals surface area (Å²) in [6.07, 6.45) is 4.99. The van der Waals surface area contributed by atoms with Crippen LogP contribution in [0.5, 0.6) is 0 Å². The molecule has 5 rings (SSSR count). The maximum absolute atomic E-state index is 13.6. The number of oxazole rings is 1. The molecule has 3 aromatic rings. The minimum absolute atomic E-state index is 0.219. The average Bonchev–Trinajstić information content (AvgIpc) is 3.11. The number of nitrogens with two attached hydrogens (primary N) is 2. The van der Waals surface area contributed by atoms with Gasteiger partial charge in [-0.3, -0.25) is 4.90 Å². The lowest BCUT2D eigenvalue weighted by Crippen LogP contribution is -2.58. The van der Waals surface area contributed by atoms with E-state index in [1.807, 2.05) is 23.1 Å². The quantitative estimate of drug-likeness (QED) is 0.691. The lowest BCUT2D eigenvalue weighted by molar-refractivity contribution is 0.305. The zero-order chi connectivity index (χ0) is 20.0. The molecule has 1 saturated carbocycles. The summed E-state index contributed by atoms with van der Waals surface area (Å²) in [7, 11) is 0. The molecule has 0 amide bonds. The number of fused-ring (bicyclic) bond motifs is 1. The molecule has 8 heteroatoms. The van der Waals surface area contributed by atoms with Gasteiger partial charge >= 0.3 is 0 Å². The van der Waals surface area contributed by atoms with Crippen molar-refractivity contribution in [2.75, 3.05) is 4.90 Å². The Bertz CT molecular complexity index is 1150. The van der Waals surface area contributed by atoms with Crippen molar-refractivity contribution in [3.8, 4) is 11.5 Å².